The van der Waals surface area contributed by atoms with Crippen molar-refractivity contribution < 1.29 is 4.74 Å². The molecule has 1 aromatic heterocycles. The second-order valence-corrected chi connectivity index (χ2v) is 6.05. The van der Waals surface area contributed by atoms with Crippen molar-refractivity contribution in [3.63, 3.8) is 0 Å². The minimum Gasteiger partial charge on any atom is -0.380 e. The van der Waals surface area contributed by atoms with Crippen LogP contribution in [0.2, 0.25) is 0 Å². The number of hydrogen-bond donors (Lipinski definition) is 2. The van der Waals surface area contributed by atoms with Gasteiger partial charge in [-0.1, -0.05) is 42.1 Å². The van der Waals surface area contributed by atoms with Crippen LogP contribution in [0.3, 0.4) is 0 Å². The predicted molar refractivity (Wildman–Crippen MR) is 99.6 cm³/mol. The summed E-state index contributed by atoms with van der Waals surface area (Å²) in [5.41, 5.74) is 1.14. The van der Waals surface area contributed by atoms with E-state index in [9.17, 15) is 0 Å². The minimum atomic E-state index is 0.0497. The van der Waals surface area contributed by atoms with Crippen LogP contribution in [0.4, 0.5) is 11.9 Å². The van der Waals surface area contributed by atoms with Gasteiger partial charge in [0.15, 0.2) is 5.16 Å². The fourth-order valence-corrected chi connectivity index (χ4v) is 2.56. The molecule has 25 heavy (non-hydrogen) atoms. The van der Waals surface area contributed by atoms with Crippen molar-refractivity contribution in [2.45, 2.75) is 25.0 Å². The molecule has 8 heteroatoms. The van der Waals surface area contributed by atoms with E-state index in [1.54, 1.807) is 0 Å². The van der Waals surface area contributed by atoms with Gasteiger partial charge in [0.2, 0.25) is 11.9 Å². The molecule has 0 aliphatic heterocycles. The molecule has 0 saturated carbocycles. The molecular formula is C17H22N6OS. The van der Waals surface area contributed by atoms with E-state index in [0.717, 1.165) is 5.56 Å². The summed E-state index contributed by atoms with van der Waals surface area (Å²) >= 11 is 1.28. The Kier molecular flexibility index (Phi) is 7.95. The van der Waals surface area contributed by atoms with Crippen LogP contribution >= 0.6 is 11.8 Å². The molecule has 2 N–H and O–H groups in total. The lowest BCUT2D eigenvalue weighted by molar-refractivity contribution is 0.158. The average Bonchev–Trinajstić information content (AvgIpc) is 2.64. The molecule has 0 amide bonds. The van der Waals surface area contributed by atoms with Crippen molar-refractivity contribution >= 4 is 23.7 Å². The van der Waals surface area contributed by atoms with Crippen LogP contribution in [0.15, 0.2) is 35.5 Å². The first kappa shape index (κ1) is 19.0. The highest BCUT2D eigenvalue weighted by Crippen LogP contribution is 2.20. The Bertz CT molecular complexity index is 691. The van der Waals surface area contributed by atoms with E-state index in [1.165, 1.54) is 11.8 Å². The van der Waals surface area contributed by atoms with Gasteiger partial charge in [0.1, 0.15) is 0 Å². The summed E-state index contributed by atoms with van der Waals surface area (Å²) in [6.45, 7) is 5.85. The summed E-state index contributed by atoms with van der Waals surface area (Å²) in [4.78, 5) is 13.1. The largest absolute Gasteiger partial charge is 0.380 e. The van der Waals surface area contributed by atoms with Gasteiger partial charge in [0.05, 0.1) is 24.5 Å². The number of thioether (sulfide) groups is 1. The molecule has 0 aliphatic carbocycles. The monoisotopic (exact) mass is 358 g/mol. The molecule has 0 saturated heterocycles. The quantitative estimate of drug-likeness (QED) is 0.494. The second-order valence-electron chi connectivity index (χ2n) is 5.11. The SMILES string of the molecule is CCOCCNc1nc(N[C@@H](C)c2ccccc2)nc(SCC#N)n1. The van der Waals surface area contributed by atoms with Gasteiger partial charge < -0.3 is 15.4 Å². The van der Waals surface area contributed by atoms with Crippen molar-refractivity contribution in [2.24, 2.45) is 0 Å². The molecule has 2 rings (SSSR count). The zero-order valence-corrected chi connectivity index (χ0v) is 15.2. The van der Waals surface area contributed by atoms with Crippen LogP contribution in [0.5, 0.6) is 0 Å². The van der Waals surface area contributed by atoms with E-state index >= 15 is 0 Å². The Balaban J connectivity index is 2.10. The van der Waals surface area contributed by atoms with Crippen LogP contribution in [-0.2, 0) is 4.74 Å². The number of anilines is 2. The van der Waals surface area contributed by atoms with Gasteiger partial charge in [-0.15, -0.1) is 0 Å². The Morgan fingerprint density at radius 2 is 1.96 bits per heavy atom. The van der Waals surface area contributed by atoms with E-state index < -0.39 is 0 Å². The highest BCUT2D eigenvalue weighted by molar-refractivity contribution is 7.99. The van der Waals surface area contributed by atoms with Gasteiger partial charge in [-0.3, -0.25) is 0 Å². The Morgan fingerprint density at radius 3 is 2.68 bits per heavy atom. The molecule has 1 atom stereocenters. The summed E-state index contributed by atoms with van der Waals surface area (Å²) in [7, 11) is 0. The molecule has 132 valence electrons. The Morgan fingerprint density at radius 1 is 1.20 bits per heavy atom. The Hall–Kier alpha value is -2.37. The maximum Gasteiger partial charge on any atom is 0.228 e. The van der Waals surface area contributed by atoms with Gasteiger partial charge in [-0.05, 0) is 19.4 Å². The van der Waals surface area contributed by atoms with Crippen molar-refractivity contribution in [3.05, 3.63) is 35.9 Å². The number of rotatable bonds is 10. The maximum absolute atomic E-state index is 8.77. The van der Waals surface area contributed by atoms with Gasteiger partial charge >= 0.3 is 0 Å². The van der Waals surface area contributed by atoms with E-state index in [4.69, 9.17) is 10.00 Å². The molecule has 0 spiro atoms. The number of nitrogens with one attached hydrogen (secondary N) is 2. The third kappa shape index (κ3) is 6.57. The predicted octanol–water partition coefficient (Wildman–Crippen LogP) is 3.11. The number of ether oxygens (including phenoxy) is 1. The maximum atomic E-state index is 8.77. The third-order valence-corrected chi connectivity index (χ3v) is 3.97. The smallest absolute Gasteiger partial charge is 0.228 e. The molecule has 0 unspecified atom stereocenters. The summed E-state index contributed by atoms with van der Waals surface area (Å²) in [5, 5.41) is 15.7. The fraction of sp³-hybridized carbons (Fsp3) is 0.412. The summed E-state index contributed by atoms with van der Waals surface area (Å²) in [6, 6.07) is 12.2. The van der Waals surface area contributed by atoms with Crippen LogP contribution in [0.25, 0.3) is 0 Å². The first-order chi connectivity index (χ1) is 12.2. The van der Waals surface area contributed by atoms with Gasteiger partial charge in [-0.2, -0.15) is 20.2 Å². The van der Waals surface area contributed by atoms with Crippen molar-refractivity contribution in [1.29, 1.82) is 5.26 Å². The normalized spacial score (nSPS) is 11.6. The lowest BCUT2D eigenvalue weighted by Crippen LogP contribution is -2.15. The van der Waals surface area contributed by atoms with E-state index in [0.29, 0.717) is 36.8 Å². The first-order valence-corrected chi connectivity index (χ1v) is 9.10. The molecule has 1 heterocycles. The lowest BCUT2D eigenvalue weighted by Gasteiger charge is -2.15. The summed E-state index contributed by atoms with van der Waals surface area (Å²) in [6.07, 6.45) is 0. The summed E-state index contributed by atoms with van der Waals surface area (Å²) in [5.74, 6) is 1.24. The molecule has 0 radical (unpaired) electrons. The molecule has 0 bridgehead atoms. The van der Waals surface area contributed by atoms with Gasteiger partial charge in [0.25, 0.3) is 0 Å². The molecule has 0 fully saturated rings. The number of nitriles is 1. The van der Waals surface area contributed by atoms with Crippen LogP contribution in [-0.4, -0.2) is 40.5 Å². The fourth-order valence-electron chi connectivity index (χ4n) is 2.06. The molecule has 2 aromatic rings. The second kappa shape index (κ2) is 10.5. The molecule has 7 nitrogen and oxygen atoms in total. The van der Waals surface area contributed by atoms with Crippen molar-refractivity contribution in [2.75, 3.05) is 36.1 Å². The number of aromatic nitrogens is 3. The van der Waals surface area contributed by atoms with Crippen LogP contribution < -0.4 is 10.6 Å². The molecule has 1 aromatic carbocycles. The number of nitrogens with zero attached hydrogens (tertiary/aromatic N) is 4. The standard InChI is InChI=1S/C17H22N6OS/c1-3-24-11-10-19-15-21-16(23-17(22-15)25-12-9-18)20-13(2)14-7-5-4-6-8-14/h4-8,13H,3,10-12H2,1-2H3,(H2,19,20,21,22,23)/t13-/m0/s1. The molecular weight excluding hydrogens is 336 g/mol. The first-order valence-electron chi connectivity index (χ1n) is 8.11. The van der Waals surface area contributed by atoms with Crippen LogP contribution in [0, 0.1) is 11.3 Å². The number of benzene rings is 1. The molecule has 0 aliphatic rings. The van der Waals surface area contributed by atoms with Crippen LogP contribution in [0.1, 0.15) is 25.5 Å². The highest BCUT2D eigenvalue weighted by Gasteiger charge is 2.11. The van der Waals surface area contributed by atoms with E-state index in [1.807, 2.05) is 44.2 Å². The van der Waals surface area contributed by atoms with E-state index in [2.05, 4.69) is 31.7 Å². The van der Waals surface area contributed by atoms with Gasteiger partial charge in [-0.25, -0.2) is 0 Å². The topological polar surface area (TPSA) is 95.8 Å². The number of hydrogen-bond acceptors (Lipinski definition) is 8. The van der Waals surface area contributed by atoms with Crippen molar-refractivity contribution in [3.8, 4) is 6.07 Å². The van der Waals surface area contributed by atoms with Gasteiger partial charge in [0, 0.05) is 13.2 Å². The zero-order chi connectivity index (χ0) is 17.9. The third-order valence-electron chi connectivity index (χ3n) is 3.26. The Labute approximate surface area is 152 Å². The average molecular weight is 358 g/mol. The lowest BCUT2D eigenvalue weighted by atomic mass is 10.1. The van der Waals surface area contributed by atoms with E-state index in [-0.39, 0.29) is 11.8 Å². The zero-order valence-electron chi connectivity index (χ0n) is 14.4. The summed E-state index contributed by atoms with van der Waals surface area (Å²) < 4.78 is 5.31. The minimum absolute atomic E-state index is 0.0497. The highest BCUT2D eigenvalue weighted by atomic mass is 32.2. The van der Waals surface area contributed by atoms with Crippen molar-refractivity contribution in [1.82, 2.24) is 15.0 Å².